The molecule has 146 valence electrons. The quantitative estimate of drug-likeness (QED) is 0.248. The molecule has 1 fully saturated rings. The first-order valence-corrected chi connectivity index (χ1v) is 9.14. The standard InChI is InChI=1S/C20H26N4O2.HI/c1-2-21-20(24-17-9-10-17)23-15-16-8-11-19(22-14-16)26-13-12-25-18-6-4-3-5-7-18;/h3-8,11,14,17H,2,9-10,12-13,15H2,1H3,(H2,21,23,24);1H. The van der Waals surface area contributed by atoms with Crippen molar-refractivity contribution in [3.63, 3.8) is 0 Å². The van der Waals surface area contributed by atoms with Crippen LogP contribution in [0.25, 0.3) is 0 Å². The lowest BCUT2D eigenvalue weighted by Crippen LogP contribution is -2.38. The molecule has 1 aromatic carbocycles. The molecule has 27 heavy (non-hydrogen) atoms. The molecule has 2 N–H and O–H groups in total. The van der Waals surface area contributed by atoms with Crippen molar-refractivity contribution >= 4 is 29.9 Å². The number of benzene rings is 1. The average molecular weight is 482 g/mol. The summed E-state index contributed by atoms with van der Waals surface area (Å²) in [5, 5.41) is 6.66. The highest BCUT2D eigenvalue weighted by atomic mass is 127. The van der Waals surface area contributed by atoms with E-state index in [1.54, 1.807) is 6.20 Å². The predicted molar refractivity (Wildman–Crippen MR) is 118 cm³/mol. The van der Waals surface area contributed by atoms with Gasteiger partial charge in [0, 0.05) is 24.8 Å². The molecule has 0 radical (unpaired) electrons. The molecular weight excluding hydrogens is 455 g/mol. The number of nitrogens with one attached hydrogen (secondary N) is 2. The molecule has 2 aromatic rings. The minimum atomic E-state index is 0. The lowest BCUT2D eigenvalue weighted by Gasteiger charge is -2.10. The summed E-state index contributed by atoms with van der Waals surface area (Å²) >= 11 is 0. The molecule has 1 aliphatic carbocycles. The van der Waals surface area contributed by atoms with Crippen molar-refractivity contribution in [2.45, 2.75) is 32.4 Å². The summed E-state index contributed by atoms with van der Waals surface area (Å²) in [5.74, 6) is 2.30. The van der Waals surface area contributed by atoms with Crippen LogP contribution < -0.4 is 20.1 Å². The van der Waals surface area contributed by atoms with Gasteiger partial charge in [-0.1, -0.05) is 24.3 Å². The van der Waals surface area contributed by atoms with Gasteiger partial charge in [0.2, 0.25) is 5.88 Å². The normalized spacial score (nSPS) is 13.4. The molecule has 3 rings (SSSR count). The third-order valence-electron chi connectivity index (χ3n) is 3.82. The van der Waals surface area contributed by atoms with Crippen LogP contribution in [0.1, 0.15) is 25.3 Å². The van der Waals surface area contributed by atoms with E-state index in [0.717, 1.165) is 23.8 Å². The van der Waals surface area contributed by atoms with Crippen molar-refractivity contribution in [3.8, 4) is 11.6 Å². The van der Waals surface area contributed by atoms with E-state index in [-0.39, 0.29) is 24.0 Å². The summed E-state index contributed by atoms with van der Waals surface area (Å²) in [7, 11) is 0. The van der Waals surface area contributed by atoms with E-state index in [1.165, 1.54) is 12.8 Å². The molecule has 0 saturated heterocycles. The second-order valence-electron chi connectivity index (χ2n) is 6.13. The van der Waals surface area contributed by atoms with Gasteiger partial charge in [0.25, 0.3) is 0 Å². The van der Waals surface area contributed by atoms with Gasteiger partial charge in [0.15, 0.2) is 5.96 Å². The Morgan fingerprint density at radius 1 is 1.11 bits per heavy atom. The van der Waals surface area contributed by atoms with Crippen LogP contribution in [0.3, 0.4) is 0 Å². The average Bonchev–Trinajstić information content (AvgIpc) is 3.49. The van der Waals surface area contributed by atoms with Gasteiger partial charge in [-0.05, 0) is 37.5 Å². The molecule has 0 spiro atoms. The van der Waals surface area contributed by atoms with Crippen molar-refractivity contribution in [2.24, 2.45) is 4.99 Å². The van der Waals surface area contributed by atoms with Gasteiger partial charge >= 0.3 is 0 Å². The first-order valence-electron chi connectivity index (χ1n) is 9.14. The summed E-state index contributed by atoms with van der Waals surface area (Å²) in [6, 6.07) is 14.1. The van der Waals surface area contributed by atoms with Gasteiger partial charge in [0.05, 0.1) is 6.54 Å². The number of para-hydroxylation sites is 1. The minimum Gasteiger partial charge on any atom is -0.490 e. The molecule has 1 heterocycles. The molecule has 1 aromatic heterocycles. The molecule has 1 aliphatic rings. The Labute approximate surface area is 177 Å². The van der Waals surface area contributed by atoms with Crippen LogP contribution in [0.4, 0.5) is 0 Å². The van der Waals surface area contributed by atoms with Crippen molar-refractivity contribution < 1.29 is 9.47 Å². The molecule has 1 saturated carbocycles. The number of guanidine groups is 1. The molecular formula is C20H27IN4O2. The monoisotopic (exact) mass is 482 g/mol. The zero-order valence-electron chi connectivity index (χ0n) is 15.6. The Morgan fingerprint density at radius 2 is 1.89 bits per heavy atom. The maximum absolute atomic E-state index is 5.61. The Kier molecular flexibility index (Phi) is 9.17. The largest absolute Gasteiger partial charge is 0.490 e. The molecule has 0 aliphatic heterocycles. The van der Waals surface area contributed by atoms with Crippen molar-refractivity contribution in [1.82, 2.24) is 15.6 Å². The number of halogens is 1. The van der Waals surface area contributed by atoms with Gasteiger partial charge in [-0.15, -0.1) is 24.0 Å². The fourth-order valence-electron chi connectivity index (χ4n) is 2.32. The fourth-order valence-corrected chi connectivity index (χ4v) is 2.32. The second-order valence-corrected chi connectivity index (χ2v) is 6.13. The highest BCUT2D eigenvalue weighted by molar-refractivity contribution is 14.0. The maximum Gasteiger partial charge on any atom is 0.213 e. The van der Waals surface area contributed by atoms with E-state index in [0.29, 0.717) is 31.7 Å². The number of aromatic nitrogens is 1. The van der Waals surface area contributed by atoms with Crippen molar-refractivity contribution in [1.29, 1.82) is 0 Å². The van der Waals surface area contributed by atoms with E-state index >= 15 is 0 Å². The van der Waals surface area contributed by atoms with E-state index in [1.807, 2.05) is 42.5 Å². The number of hydrogen-bond donors (Lipinski definition) is 2. The zero-order valence-corrected chi connectivity index (χ0v) is 17.9. The predicted octanol–water partition coefficient (Wildman–Crippen LogP) is 3.37. The molecule has 0 amide bonds. The summed E-state index contributed by atoms with van der Waals surface area (Å²) in [6.45, 7) is 4.45. The summed E-state index contributed by atoms with van der Waals surface area (Å²) in [6.07, 6.45) is 4.26. The van der Waals surface area contributed by atoms with Gasteiger partial charge < -0.3 is 20.1 Å². The van der Waals surface area contributed by atoms with E-state index in [9.17, 15) is 0 Å². The van der Waals surface area contributed by atoms with Gasteiger partial charge in [-0.25, -0.2) is 9.98 Å². The first kappa shape index (κ1) is 21.3. The lowest BCUT2D eigenvalue weighted by molar-refractivity contribution is 0.212. The van der Waals surface area contributed by atoms with Crippen LogP contribution in [-0.4, -0.2) is 36.7 Å². The summed E-state index contributed by atoms with van der Waals surface area (Å²) in [4.78, 5) is 8.93. The van der Waals surface area contributed by atoms with Crippen LogP contribution in [0.15, 0.2) is 53.7 Å². The van der Waals surface area contributed by atoms with Crippen molar-refractivity contribution in [2.75, 3.05) is 19.8 Å². The van der Waals surface area contributed by atoms with E-state index < -0.39 is 0 Å². The highest BCUT2D eigenvalue weighted by Crippen LogP contribution is 2.18. The van der Waals surface area contributed by atoms with E-state index in [4.69, 9.17) is 9.47 Å². The smallest absolute Gasteiger partial charge is 0.213 e. The Hall–Kier alpha value is -2.03. The number of nitrogens with zero attached hydrogens (tertiary/aromatic N) is 2. The van der Waals surface area contributed by atoms with Crippen molar-refractivity contribution in [3.05, 3.63) is 54.2 Å². The Balaban J connectivity index is 0.00000261. The summed E-state index contributed by atoms with van der Waals surface area (Å²) in [5.41, 5.74) is 1.05. The van der Waals surface area contributed by atoms with Crippen LogP contribution in [0.5, 0.6) is 11.6 Å². The Bertz CT molecular complexity index is 691. The second kappa shape index (κ2) is 11.6. The van der Waals surface area contributed by atoms with Crippen LogP contribution >= 0.6 is 24.0 Å². The van der Waals surface area contributed by atoms with Crippen LogP contribution in [0.2, 0.25) is 0 Å². The number of ether oxygens (including phenoxy) is 2. The lowest BCUT2D eigenvalue weighted by atomic mass is 10.3. The van der Waals surface area contributed by atoms with Crippen LogP contribution in [-0.2, 0) is 6.54 Å². The van der Waals surface area contributed by atoms with Gasteiger partial charge in [0.1, 0.15) is 19.0 Å². The van der Waals surface area contributed by atoms with Gasteiger partial charge in [-0.2, -0.15) is 0 Å². The van der Waals surface area contributed by atoms with Crippen LogP contribution in [0, 0.1) is 0 Å². The molecule has 7 heteroatoms. The highest BCUT2D eigenvalue weighted by Gasteiger charge is 2.21. The number of hydrogen-bond acceptors (Lipinski definition) is 4. The topological polar surface area (TPSA) is 67.8 Å². The Morgan fingerprint density at radius 3 is 2.56 bits per heavy atom. The molecule has 0 unspecified atom stereocenters. The number of rotatable bonds is 9. The molecule has 0 atom stereocenters. The minimum absolute atomic E-state index is 0. The number of aliphatic imine (C=N–C) groups is 1. The third kappa shape index (κ3) is 8.03. The van der Waals surface area contributed by atoms with Gasteiger partial charge in [-0.3, -0.25) is 0 Å². The molecule has 0 bridgehead atoms. The summed E-state index contributed by atoms with van der Waals surface area (Å²) < 4.78 is 11.2. The zero-order chi connectivity index (χ0) is 18.0. The number of pyridine rings is 1. The maximum atomic E-state index is 5.61. The fraction of sp³-hybridized carbons (Fsp3) is 0.400. The SMILES string of the molecule is CCNC(=NCc1ccc(OCCOc2ccccc2)nc1)NC1CC1.I. The first-order chi connectivity index (χ1) is 12.8. The van der Waals surface area contributed by atoms with E-state index in [2.05, 4.69) is 27.5 Å². The molecule has 6 nitrogen and oxygen atoms in total. The third-order valence-corrected chi connectivity index (χ3v) is 3.82.